The van der Waals surface area contributed by atoms with E-state index < -0.39 is 17.7 Å². The second-order valence-corrected chi connectivity index (χ2v) is 8.91. The maximum absolute atomic E-state index is 13.2. The van der Waals surface area contributed by atoms with Crippen molar-refractivity contribution in [2.45, 2.75) is 63.8 Å². The molecule has 0 aromatic carbocycles. The van der Waals surface area contributed by atoms with Gasteiger partial charge in [0.05, 0.1) is 23.4 Å². The predicted octanol–water partition coefficient (Wildman–Crippen LogP) is 4.99. The molecule has 4 rings (SSSR count). The van der Waals surface area contributed by atoms with E-state index in [9.17, 15) is 18.3 Å². The van der Waals surface area contributed by atoms with E-state index in [0.29, 0.717) is 28.6 Å². The summed E-state index contributed by atoms with van der Waals surface area (Å²) < 4.78 is 41.1. The number of allylic oxidation sites excluding steroid dienone is 4. The topological polar surface area (TPSA) is 62.5 Å². The van der Waals surface area contributed by atoms with Gasteiger partial charge in [0.2, 0.25) is 0 Å². The van der Waals surface area contributed by atoms with E-state index in [0.717, 1.165) is 25.7 Å². The first-order valence-electron chi connectivity index (χ1n) is 10.4. The zero-order chi connectivity index (χ0) is 21.5. The fourth-order valence-corrected chi connectivity index (χ4v) is 4.42. The summed E-state index contributed by atoms with van der Waals surface area (Å²) in [6.07, 6.45) is 5.31. The number of alkyl halides is 3. The van der Waals surface area contributed by atoms with Crippen LogP contribution in [-0.4, -0.2) is 37.5 Å². The van der Waals surface area contributed by atoms with E-state index in [1.807, 2.05) is 26.0 Å². The lowest BCUT2D eigenvalue weighted by Gasteiger charge is -2.36. The Morgan fingerprint density at radius 1 is 1.13 bits per heavy atom. The molecule has 5 nitrogen and oxygen atoms in total. The molecule has 8 heteroatoms. The van der Waals surface area contributed by atoms with E-state index in [1.54, 1.807) is 16.8 Å². The van der Waals surface area contributed by atoms with E-state index in [4.69, 9.17) is 0 Å². The fraction of sp³-hybridized carbons (Fsp3) is 0.545. The predicted molar refractivity (Wildman–Crippen MR) is 110 cm³/mol. The Morgan fingerprint density at radius 3 is 2.53 bits per heavy atom. The third-order valence-corrected chi connectivity index (χ3v) is 6.27. The number of aromatic nitrogens is 3. The highest BCUT2D eigenvalue weighted by atomic mass is 19.4. The molecule has 0 bridgehead atoms. The molecule has 0 spiro atoms. The fourth-order valence-electron chi connectivity index (χ4n) is 4.42. The highest BCUT2D eigenvalue weighted by Crippen LogP contribution is 2.38. The van der Waals surface area contributed by atoms with Crippen molar-refractivity contribution in [1.82, 2.24) is 14.6 Å². The molecule has 1 saturated carbocycles. The van der Waals surface area contributed by atoms with Gasteiger partial charge in [-0.25, -0.2) is 9.50 Å². The Labute approximate surface area is 173 Å². The van der Waals surface area contributed by atoms with Crippen molar-refractivity contribution in [3.05, 3.63) is 42.3 Å². The third-order valence-electron chi connectivity index (χ3n) is 6.27. The molecular weight excluding hydrogens is 393 g/mol. The molecule has 2 aromatic rings. The first-order chi connectivity index (χ1) is 14.1. The Kier molecular flexibility index (Phi) is 5.38. The van der Waals surface area contributed by atoms with Crippen LogP contribution < -0.4 is 5.32 Å². The maximum Gasteiger partial charge on any atom is 0.395 e. The molecular formula is C22H27F3N4O. The van der Waals surface area contributed by atoms with Crippen LogP contribution in [0.15, 0.2) is 36.6 Å². The van der Waals surface area contributed by atoms with Crippen LogP contribution in [0.1, 0.15) is 51.6 Å². The van der Waals surface area contributed by atoms with Gasteiger partial charge < -0.3 is 10.4 Å². The Morgan fingerprint density at radius 2 is 1.87 bits per heavy atom. The zero-order valence-electron chi connectivity index (χ0n) is 17.2. The second-order valence-electron chi connectivity index (χ2n) is 8.91. The standard InChI is InChI=1S/C22H27F3N4O/c1-21(2,30)15-6-8-17(9-7-15)27-19-10-11-20-26-13-18(29(20)28-19)14-4-3-5-16(12-14)22(23,24)25/h3-5,10-11,13,15-17,30H,6-9,12H2,1-2H3,(H,27,28). The molecule has 1 unspecified atom stereocenters. The number of hydrogen-bond acceptors (Lipinski definition) is 4. The van der Waals surface area contributed by atoms with Crippen LogP contribution in [0.3, 0.4) is 0 Å². The summed E-state index contributed by atoms with van der Waals surface area (Å²) in [5.74, 6) is -0.526. The molecule has 0 aliphatic heterocycles. The van der Waals surface area contributed by atoms with Crippen molar-refractivity contribution in [3.8, 4) is 0 Å². The van der Waals surface area contributed by atoms with Gasteiger partial charge in [0.25, 0.3) is 0 Å². The number of halogens is 3. The molecule has 30 heavy (non-hydrogen) atoms. The Bertz CT molecular complexity index is 963. The van der Waals surface area contributed by atoms with Crippen LogP contribution in [0.25, 0.3) is 11.2 Å². The van der Waals surface area contributed by atoms with Crippen molar-refractivity contribution in [2.75, 3.05) is 5.32 Å². The molecule has 2 aliphatic rings. The lowest BCUT2D eigenvalue weighted by Crippen LogP contribution is -2.37. The van der Waals surface area contributed by atoms with Crippen molar-refractivity contribution in [3.63, 3.8) is 0 Å². The zero-order valence-corrected chi connectivity index (χ0v) is 17.2. The van der Waals surface area contributed by atoms with E-state index in [1.165, 1.54) is 12.2 Å². The molecule has 2 aromatic heterocycles. The lowest BCUT2D eigenvalue weighted by molar-refractivity contribution is -0.159. The molecule has 0 saturated heterocycles. The van der Waals surface area contributed by atoms with Gasteiger partial charge >= 0.3 is 6.18 Å². The minimum atomic E-state index is -4.27. The summed E-state index contributed by atoms with van der Waals surface area (Å²) in [5.41, 5.74) is 1.09. The number of imidazole rings is 1. The summed E-state index contributed by atoms with van der Waals surface area (Å²) in [5, 5.41) is 18.3. The number of anilines is 1. The van der Waals surface area contributed by atoms with Crippen LogP contribution in [0.4, 0.5) is 19.0 Å². The SMILES string of the molecule is CC(C)(O)C1CCC(Nc2ccc3ncc(C4=CC=CC(C(F)(F)F)C4)n3n2)CC1. The molecule has 2 aliphatic carbocycles. The number of hydrogen-bond donors (Lipinski definition) is 2. The first-order valence-corrected chi connectivity index (χ1v) is 10.4. The van der Waals surface area contributed by atoms with Gasteiger partial charge in [0.1, 0.15) is 5.82 Å². The number of nitrogens with zero attached hydrogens (tertiary/aromatic N) is 3. The number of rotatable bonds is 4. The van der Waals surface area contributed by atoms with E-state index >= 15 is 0 Å². The van der Waals surface area contributed by atoms with Crippen LogP contribution in [0, 0.1) is 11.8 Å². The van der Waals surface area contributed by atoms with Crippen LogP contribution in [0.5, 0.6) is 0 Å². The van der Waals surface area contributed by atoms with Crippen molar-refractivity contribution in [2.24, 2.45) is 11.8 Å². The lowest BCUT2D eigenvalue weighted by atomic mass is 9.77. The third kappa shape index (κ3) is 4.38. The second kappa shape index (κ2) is 7.72. The Balaban J connectivity index is 1.50. The number of aliphatic hydroxyl groups is 1. The van der Waals surface area contributed by atoms with Gasteiger partial charge in [-0.1, -0.05) is 18.2 Å². The summed E-state index contributed by atoms with van der Waals surface area (Å²) >= 11 is 0. The Hall–Kier alpha value is -2.35. The number of fused-ring (bicyclic) bond motifs is 1. The summed E-state index contributed by atoms with van der Waals surface area (Å²) in [7, 11) is 0. The van der Waals surface area contributed by atoms with Gasteiger partial charge in [0, 0.05) is 6.04 Å². The van der Waals surface area contributed by atoms with Crippen molar-refractivity contribution < 1.29 is 18.3 Å². The van der Waals surface area contributed by atoms with Gasteiger partial charge in [-0.15, -0.1) is 5.10 Å². The molecule has 0 amide bonds. The average Bonchev–Trinajstić information content (AvgIpc) is 3.10. The largest absolute Gasteiger partial charge is 0.395 e. The normalized spacial score (nSPS) is 25.4. The van der Waals surface area contributed by atoms with Gasteiger partial charge in [-0.2, -0.15) is 13.2 Å². The van der Waals surface area contributed by atoms with Gasteiger partial charge in [0.15, 0.2) is 5.65 Å². The molecule has 162 valence electrons. The highest BCUT2D eigenvalue weighted by molar-refractivity contribution is 5.68. The van der Waals surface area contributed by atoms with Crippen LogP contribution in [0.2, 0.25) is 0 Å². The summed E-state index contributed by atoms with van der Waals surface area (Å²) in [6, 6.07) is 3.93. The van der Waals surface area contributed by atoms with E-state index in [-0.39, 0.29) is 12.5 Å². The van der Waals surface area contributed by atoms with Crippen LogP contribution in [-0.2, 0) is 0 Å². The van der Waals surface area contributed by atoms with Crippen molar-refractivity contribution >= 4 is 17.0 Å². The molecule has 0 radical (unpaired) electrons. The molecule has 1 atom stereocenters. The minimum Gasteiger partial charge on any atom is -0.390 e. The minimum absolute atomic E-state index is 0.117. The highest BCUT2D eigenvalue weighted by Gasteiger charge is 2.39. The van der Waals surface area contributed by atoms with Gasteiger partial charge in [-0.3, -0.25) is 0 Å². The van der Waals surface area contributed by atoms with Crippen molar-refractivity contribution in [1.29, 1.82) is 0 Å². The molecule has 2 heterocycles. The van der Waals surface area contributed by atoms with E-state index in [2.05, 4.69) is 15.4 Å². The molecule has 1 fully saturated rings. The van der Waals surface area contributed by atoms with Crippen LogP contribution >= 0.6 is 0 Å². The molecule has 2 N–H and O–H groups in total. The summed E-state index contributed by atoms with van der Waals surface area (Å²) in [4.78, 5) is 4.30. The monoisotopic (exact) mass is 420 g/mol. The quantitative estimate of drug-likeness (QED) is 0.731. The first kappa shape index (κ1) is 20.9. The number of nitrogens with one attached hydrogen (secondary N) is 1. The summed E-state index contributed by atoms with van der Waals surface area (Å²) in [6.45, 7) is 3.72. The average molecular weight is 420 g/mol. The van der Waals surface area contributed by atoms with Gasteiger partial charge in [-0.05, 0) is 69.6 Å². The maximum atomic E-state index is 13.2. The smallest absolute Gasteiger partial charge is 0.390 e.